The third-order valence-corrected chi connectivity index (χ3v) is 6.96. The summed E-state index contributed by atoms with van der Waals surface area (Å²) in [5.74, 6) is -0.0775. The number of anilines is 1. The van der Waals surface area contributed by atoms with E-state index < -0.39 is 10.0 Å². The third kappa shape index (κ3) is 3.26. The predicted molar refractivity (Wildman–Crippen MR) is 98.8 cm³/mol. The number of morpholine rings is 1. The van der Waals surface area contributed by atoms with Gasteiger partial charge in [-0.25, -0.2) is 8.42 Å². The number of rotatable bonds is 3. The molecule has 1 saturated heterocycles. The van der Waals surface area contributed by atoms with Crippen LogP contribution in [0.3, 0.4) is 0 Å². The zero-order chi connectivity index (χ0) is 19.2. The van der Waals surface area contributed by atoms with Gasteiger partial charge in [-0.3, -0.25) is 9.48 Å². The Morgan fingerprint density at radius 2 is 2.11 bits per heavy atom. The number of fused-ring (bicyclic) bond motifs is 1. The second kappa shape index (κ2) is 6.74. The van der Waals surface area contributed by atoms with Crippen LogP contribution in [0, 0.1) is 0 Å². The topological polar surface area (TPSA) is 84.7 Å². The fourth-order valence-corrected chi connectivity index (χ4v) is 5.09. The van der Waals surface area contributed by atoms with E-state index in [2.05, 4.69) is 5.10 Å². The summed E-state index contributed by atoms with van der Waals surface area (Å²) in [5.41, 5.74) is 2.55. The number of amides is 1. The average Bonchev–Trinajstić information content (AvgIpc) is 3.27. The fraction of sp³-hybridized carbons (Fsp3) is 0.444. The third-order valence-electron chi connectivity index (χ3n) is 5.10. The van der Waals surface area contributed by atoms with Gasteiger partial charge in [-0.15, -0.1) is 0 Å². The maximum absolute atomic E-state index is 13.2. The Morgan fingerprint density at radius 1 is 1.30 bits per heavy atom. The summed E-state index contributed by atoms with van der Waals surface area (Å²) in [7, 11) is -1.87. The number of aryl methyl sites for hydroxylation is 1. The maximum atomic E-state index is 13.2. The van der Waals surface area contributed by atoms with Gasteiger partial charge in [0.25, 0.3) is 0 Å². The number of carbonyl (C=O) groups is 1. The van der Waals surface area contributed by atoms with E-state index in [9.17, 15) is 13.2 Å². The molecule has 0 spiro atoms. The molecule has 1 atom stereocenters. The van der Waals surface area contributed by atoms with Crippen molar-refractivity contribution in [2.45, 2.75) is 24.3 Å². The molecule has 0 unspecified atom stereocenters. The number of carbonyl (C=O) groups excluding carboxylic acids is 1. The lowest BCUT2D eigenvalue weighted by Crippen LogP contribution is -2.42. The molecule has 9 heteroatoms. The summed E-state index contributed by atoms with van der Waals surface area (Å²) >= 11 is 0. The molecule has 0 bridgehead atoms. The van der Waals surface area contributed by atoms with E-state index >= 15 is 0 Å². The van der Waals surface area contributed by atoms with Crippen LogP contribution in [0.25, 0.3) is 0 Å². The van der Waals surface area contributed by atoms with Crippen LogP contribution in [0.5, 0.6) is 0 Å². The predicted octanol–water partition coefficient (Wildman–Crippen LogP) is 1.09. The van der Waals surface area contributed by atoms with Gasteiger partial charge in [0, 0.05) is 51.1 Å². The van der Waals surface area contributed by atoms with Gasteiger partial charge in [-0.05, 0) is 24.1 Å². The molecule has 0 aliphatic carbocycles. The first kappa shape index (κ1) is 18.1. The molecule has 0 saturated carbocycles. The van der Waals surface area contributed by atoms with Gasteiger partial charge >= 0.3 is 0 Å². The molecule has 2 aliphatic rings. The monoisotopic (exact) mass is 390 g/mol. The lowest BCUT2D eigenvalue weighted by molar-refractivity contribution is -0.116. The molecule has 27 heavy (non-hydrogen) atoms. The van der Waals surface area contributed by atoms with Gasteiger partial charge in [0.2, 0.25) is 15.9 Å². The van der Waals surface area contributed by atoms with Gasteiger partial charge in [-0.2, -0.15) is 9.40 Å². The molecule has 1 aromatic heterocycles. The van der Waals surface area contributed by atoms with Crippen molar-refractivity contribution in [2.24, 2.45) is 7.05 Å². The summed E-state index contributed by atoms with van der Waals surface area (Å²) in [4.78, 5) is 13.7. The standard InChI is InChI=1S/C18H22N4O4S/c1-13(23)22-6-5-14-3-4-16(9-17(14)22)27(24,25)21-7-8-26-18(12-21)15-10-19-20(2)11-15/h3-4,9-11,18H,5-8,12H2,1-2H3/t18-/m1/s1. The van der Waals surface area contributed by atoms with Gasteiger partial charge in [-0.1, -0.05) is 6.07 Å². The summed E-state index contributed by atoms with van der Waals surface area (Å²) in [5, 5.41) is 4.13. The number of hydrogen-bond donors (Lipinski definition) is 0. The lowest BCUT2D eigenvalue weighted by atomic mass is 10.2. The Balaban J connectivity index is 1.62. The van der Waals surface area contributed by atoms with E-state index in [0.29, 0.717) is 25.4 Å². The van der Waals surface area contributed by atoms with E-state index in [-0.39, 0.29) is 23.5 Å². The molecule has 1 fully saturated rings. The summed E-state index contributed by atoms with van der Waals surface area (Å²) in [6.45, 7) is 2.95. The highest BCUT2D eigenvalue weighted by atomic mass is 32.2. The van der Waals surface area contributed by atoms with E-state index in [4.69, 9.17) is 4.74 Å². The second-order valence-corrected chi connectivity index (χ2v) is 8.82. The van der Waals surface area contributed by atoms with Crippen LogP contribution >= 0.6 is 0 Å². The quantitative estimate of drug-likeness (QED) is 0.783. The van der Waals surface area contributed by atoms with Gasteiger partial charge in [0.1, 0.15) is 0 Å². The number of ether oxygens (including phenoxy) is 1. The molecule has 2 aliphatic heterocycles. The van der Waals surface area contributed by atoms with Crippen LogP contribution in [0.2, 0.25) is 0 Å². The molecule has 0 N–H and O–H groups in total. The van der Waals surface area contributed by atoms with Crippen molar-refractivity contribution < 1.29 is 17.9 Å². The van der Waals surface area contributed by atoms with Crippen molar-refractivity contribution in [3.05, 3.63) is 41.7 Å². The van der Waals surface area contributed by atoms with Crippen LogP contribution in [0.4, 0.5) is 5.69 Å². The van der Waals surface area contributed by atoms with Crippen LogP contribution in [-0.4, -0.2) is 54.7 Å². The maximum Gasteiger partial charge on any atom is 0.243 e. The Bertz CT molecular complexity index is 985. The molecular weight excluding hydrogens is 368 g/mol. The number of benzene rings is 1. The summed E-state index contributed by atoms with van der Waals surface area (Å²) < 4.78 is 35.2. The number of aromatic nitrogens is 2. The highest BCUT2D eigenvalue weighted by Crippen LogP contribution is 2.33. The van der Waals surface area contributed by atoms with Crippen molar-refractivity contribution in [1.29, 1.82) is 0 Å². The smallest absolute Gasteiger partial charge is 0.243 e. The zero-order valence-electron chi connectivity index (χ0n) is 15.3. The highest BCUT2D eigenvalue weighted by Gasteiger charge is 2.33. The summed E-state index contributed by atoms with van der Waals surface area (Å²) in [6.07, 6.45) is 3.93. The van der Waals surface area contributed by atoms with E-state index in [1.54, 1.807) is 27.9 Å². The number of sulfonamides is 1. The van der Waals surface area contributed by atoms with Crippen LogP contribution in [0.1, 0.15) is 24.2 Å². The van der Waals surface area contributed by atoms with Crippen molar-refractivity contribution >= 4 is 21.6 Å². The van der Waals surface area contributed by atoms with Crippen molar-refractivity contribution in [3.8, 4) is 0 Å². The molecule has 0 radical (unpaired) electrons. The summed E-state index contributed by atoms with van der Waals surface area (Å²) in [6, 6.07) is 5.06. The molecule has 8 nitrogen and oxygen atoms in total. The van der Waals surface area contributed by atoms with E-state index in [0.717, 1.165) is 17.5 Å². The lowest BCUT2D eigenvalue weighted by Gasteiger charge is -2.32. The average molecular weight is 390 g/mol. The minimum absolute atomic E-state index is 0.0775. The molecule has 1 amide bonds. The van der Waals surface area contributed by atoms with Gasteiger partial charge in [0.15, 0.2) is 0 Å². The van der Waals surface area contributed by atoms with Crippen molar-refractivity contribution in [2.75, 3.05) is 31.1 Å². The largest absolute Gasteiger partial charge is 0.371 e. The van der Waals surface area contributed by atoms with Crippen LogP contribution in [-0.2, 0) is 33.0 Å². The Labute approximate surface area is 158 Å². The van der Waals surface area contributed by atoms with E-state index in [1.165, 1.54) is 11.2 Å². The zero-order valence-corrected chi connectivity index (χ0v) is 16.1. The van der Waals surface area contributed by atoms with Crippen molar-refractivity contribution in [3.63, 3.8) is 0 Å². The van der Waals surface area contributed by atoms with Crippen LogP contribution in [0.15, 0.2) is 35.5 Å². The minimum Gasteiger partial charge on any atom is -0.371 e. The second-order valence-electron chi connectivity index (χ2n) is 6.88. The SMILES string of the molecule is CC(=O)N1CCc2ccc(S(=O)(=O)N3CCO[C@@H](c4cnn(C)c4)C3)cc21. The van der Waals surface area contributed by atoms with Crippen molar-refractivity contribution in [1.82, 2.24) is 14.1 Å². The highest BCUT2D eigenvalue weighted by molar-refractivity contribution is 7.89. The molecule has 2 aromatic rings. The van der Waals surface area contributed by atoms with E-state index in [1.807, 2.05) is 19.3 Å². The first-order valence-electron chi connectivity index (χ1n) is 8.87. The molecule has 3 heterocycles. The molecule has 144 valence electrons. The van der Waals surface area contributed by atoms with Gasteiger partial charge < -0.3 is 9.64 Å². The number of nitrogens with zero attached hydrogens (tertiary/aromatic N) is 4. The number of hydrogen-bond acceptors (Lipinski definition) is 5. The molecule has 4 rings (SSSR count). The minimum atomic E-state index is -3.68. The van der Waals surface area contributed by atoms with Gasteiger partial charge in [0.05, 0.1) is 23.8 Å². The first-order valence-corrected chi connectivity index (χ1v) is 10.3. The Kier molecular flexibility index (Phi) is 4.53. The molecule has 1 aromatic carbocycles. The van der Waals surface area contributed by atoms with Crippen LogP contribution < -0.4 is 4.90 Å². The fourth-order valence-electron chi connectivity index (χ4n) is 3.65. The Hall–Kier alpha value is -2.23. The normalized spacial score (nSPS) is 20.7. The molecular formula is C18H22N4O4S. The Morgan fingerprint density at radius 3 is 2.81 bits per heavy atom. The first-order chi connectivity index (χ1) is 12.9.